The molecule has 0 bridgehead atoms. The number of hydrogen-bond donors (Lipinski definition) is 2. The Morgan fingerprint density at radius 3 is 2.83 bits per heavy atom. The van der Waals surface area contributed by atoms with Gasteiger partial charge in [0.25, 0.3) is 0 Å². The SMILES string of the molecule is CN=C(NCc1ccc2c(c1)OCO2)NCC1(N(C)C)CCSC1. The lowest BCUT2D eigenvalue weighted by Gasteiger charge is -2.36. The summed E-state index contributed by atoms with van der Waals surface area (Å²) in [5, 5.41) is 6.86. The molecule has 6 nitrogen and oxygen atoms in total. The summed E-state index contributed by atoms with van der Waals surface area (Å²) in [5.41, 5.74) is 1.35. The number of ether oxygens (including phenoxy) is 2. The molecule has 1 aromatic rings. The molecule has 0 spiro atoms. The summed E-state index contributed by atoms with van der Waals surface area (Å²) in [6.45, 7) is 1.90. The average Bonchev–Trinajstić information content (AvgIpc) is 3.24. The third-order valence-electron chi connectivity index (χ3n) is 4.74. The van der Waals surface area contributed by atoms with Crippen molar-refractivity contribution in [2.45, 2.75) is 18.5 Å². The number of nitrogens with one attached hydrogen (secondary N) is 2. The van der Waals surface area contributed by atoms with Gasteiger partial charge in [0.05, 0.1) is 0 Å². The van der Waals surface area contributed by atoms with Crippen molar-refractivity contribution < 1.29 is 9.47 Å². The van der Waals surface area contributed by atoms with E-state index in [1.807, 2.05) is 30.0 Å². The maximum absolute atomic E-state index is 5.42. The molecule has 3 rings (SSSR count). The molecule has 24 heavy (non-hydrogen) atoms. The topological polar surface area (TPSA) is 58.1 Å². The van der Waals surface area contributed by atoms with E-state index in [2.05, 4.69) is 34.6 Å². The van der Waals surface area contributed by atoms with Gasteiger partial charge in [-0.25, -0.2) is 0 Å². The molecule has 1 fully saturated rings. The minimum atomic E-state index is 0.209. The molecule has 0 aromatic heterocycles. The van der Waals surface area contributed by atoms with Crippen molar-refractivity contribution in [3.63, 3.8) is 0 Å². The standard InChI is InChI=1S/C17H26N4O2S/c1-18-16(20-10-17(21(2)3)6-7-24-11-17)19-9-13-4-5-14-15(8-13)23-12-22-14/h4-5,8H,6-7,9-12H2,1-3H3,(H2,18,19,20). The Kier molecular flexibility index (Phi) is 5.40. The van der Waals surface area contributed by atoms with E-state index in [9.17, 15) is 0 Å². The van der Waals surface area contributed by atoms with Crippen LogP contribution in [0.1, 0.15) is 12.0 Å². The highest BCUT2D eigenvalue weighted by molar-refractivity contribution is 7.99. The Hall–Kier alpha value is -1.60. The molecule has 1 aromatic carbocycles. The Morgan fingerprint density at radius 1 is 1.29 bits per heavy atom. The predicted molar refractivity (Wildman–Crippen MR) is 99.1 cm³/mol. The third kappa shape index (κ3) is 3.72. The van der Waals surface area contributed by atoms with Gasteiger partial charge in [-0.05, 0) is 44.0 Å². The van der Waals surface area contributed by atoms with Crippen LogP contribution in [0.2, 0.25) is 0 Å². The highest BCUT2D eigenvalue weighted by Gasteiger charge is 2.36. The Labute approximate surface area is 148 Å². The Bertz CT molecular complexity index is 600. The molecule has 0 saturated carbocycles. The van der Waals surface area contributed by atoms with E-state index in [0.717, 1.165) is 35.3 Å². The van der Waals surface area contributed by atoms with Gasteiger partial charge in [-0.3, -0.25) is 4.99 Å². The molecule has 1 atom stereocenters. The van der Waals surface area contributed by atoms with Gasteiger partial charge in [0.2, 0.25) is 6.79 Å². The minimum Gasteiger partial charge on any atom is -0.454 e. The van der Waals surface area contributed by atoms with E-state index < -0.39 is 0 Å². The van der Waals surface area contributed by atoms with E-state index in [1.54, 1.807) is 7.05 Å². The van der Waals surface area contributed by atoms with Gasteiger partial charge in [-0.2, -0.15) is 11.8 Å². The molecule has 1 saturated heterocycles. The Morgan fingerprint density at radius 2 is 2.12 bits per heavy atom. The zero-order chi connectivity index (χ0) is 17.0. The highest BCUT2D eigenvalue weighted by atomic mass is 32.2. The smallest absolute Gasteiger partial charge is 0.231 e. The number of thioether (sulfide) groups is 1. The number of benzene rings is 1. The molecule has 7 heteroatoms. The summed E-state index contributed by atoms with van der Waals surface area (Å²) in [6, 6.07) is 6.01. The van der Waals surface area contributed by atoms with Gasteiger partial charge < -0.3 is 25.0 Å². The summed E-state index contributed by atoms with van der Waals surface area (Å²) in [7, 11) is 6.13. The first-order valence-corrected chi connectivity index (χ1v) is 9.37. The van der Waals surface area contributed by atoms with E-state index in [0.29, 0.717) is 13.3 Å². The fourth-order valence-corrected chi connectivity index (χ4v) is 4.51. The Balaban J connectivity index is 1.54. The lowest BCUT2D eigenvalue weighted by atomic mass is 9.97. The second-order valence-electron chi connectivity index (χ2n) is 6.39. The lowest BCUT2D eigenvalue weighted by Crippen LogP contribution is -2.54. The normalized spacial score (nSPS) is 22.9. The summed E-state index contributed by atoms with van der Waals surface area (Å²) < 4.78 is 10.8. The molecule has 2 heterocycles. The summed E-state index contributed by atoms with van der Waals surface area (Å²) in [4.78, 5) is 6.68. The molecular weight excluding hydrogens is 324 g/mol. The van der Waals surface area contributed by atoms with E-state index in [1.165, 1.54) is 12.2 Å². The van der Waals surface area contributed by atoms with E-state index in [-0.39, 0.29) is 5.54 Å². The summed E-state index contributed by atoms with van der Waals surface area (Å²) >= 11 is 2.02. The molecule has 0 aliphatic carbocycles. The van der Waals surface area contributed by atoms with Crippen LogP contribution < -0.4 is 20.1 Å². The van der Waals surface area contributed by atoms with Crippen LogP contribution in [0.4, 0.5) is 0 Å². The summed E-state index contributed by atoms with van der Waals surface area (Å²) in [6.07, 6.45) is 1.21. The number of fused-ring (bicyclic) bond motifs is 1. The van der Waals surface area contributed by atoms with Crippen LogP contribution in [0.25, 0.3) is 0 Å². The monoisotopic (exact) mass is 350 g/mol. The minimum absolute atomic E-state index is 0.209. The van der Waals surface area contributed by atoms with Gasteiger partial charge in [0, 0.05) is 31.4 Å². The first-order valence-electron chi connectivity index (χ1n) is 8.21. The lowest BCUT2D eigenvalue weighted by molar-refractivity contribution is 0.174. The molecule has 132 valence electrons. The largest absolute Gasteiger partial charge is 0.454 e. The number of aliphatic imine (C=N–C) groups is 1. The molecule has 1 unspecified atom stereocenters. The fraction of sp³-hybridized carbons (Fsp3) is 0.588. The molecule has 0 amide bonds. The van der Waals surface area contributed by atoms with Crippen LogP contribution in [-0.4, -0.2) is 62.4 Å². The van der Waals surface area contributed by atoms with Crippen LogP contribution in [0.15, 0.2) is 23.2 Å². The first kappa shape index (κ1) is 17.2. The molecular formula is C17H26N4O2S. The predicted octanol–water partition coefficient (Wildman–Crippen LogP) is 1.52. The van der Waals surface area contributed by atoms with Crippen LogP contribution in [-0.2, 0) is 6.54 Å². The number of guanidine groups is 1. The van der Waals surface area contributed by atoms with E-state index >= 15 is 0 Å². The van der Waals surface area contributed by atoms with Crippen molar-refractivity contribution in [1.29, 1.82) is 0 Å². The average molecular weight is 350 g/mol. The summed E-state index contributed by atoms with van der Waals surface area (Å²) in [5.74, 6) is 4.83. The van der Waals surface area contributed by atoms with E-state index in [4.69, 9.17) is 9.47 Å². The second kappa shape index (κ2) is 7.53. The zero-order valence-corrected chi connectivity index (χ0v) is 15.4. The van der Waals surface area contributed by atoms with Gasteiger partial charge >= 0.3 is 0 Å². The second-order valence-corrected chi connectivity index (χ2v) is 7.49. The number of hydrogen-bond acceptors (Lipinski definition) is 5. The number of rotatable bonds is 5. The van der Waals surface area contributed by atoms with Crippen molar-refractivity contribution in [2.24, 2.45) is 4.99 Å². The highest BCUT2D eigenvalue weighted by Crippen LogP contribution is 2.32. The fourth-order valence-electron chi connectivity index (χ4n) is 2.95. The van der Waals surface area contributed by atoms with Crippen LogP contribution in [0.5, 0.6) is 11.5 Å². The van der Waals surface area contributed by atoms with Crippen LogP contribution in [0, 0.1) is 0 Å². The van der Waals surface area contributed by atoms with Crippen LogP contribution in [0.3, 0.4) is 0 Å². The number of nitrogens with zero attached hydrogens (tertiary/aromatic N) is 2. The quantitative estimate of drug-likeness (QED) is 0.620. The van der Waals surface area contributed by atoms with Crippen LogP contribution >= 0.6 is 11.8 Å². The molecule has 2 N–H and O–H groups in total. The first-order chi connectivity index (χ1) is 11.6. The van der Waals surface area contributed by atoms with Gasteiger partial charge in [0.15, 0.2) is 17.5 Å². The maximum Gasteiger partial charge on any atom is 0.231 e. The van der Waals surface area contributed by atoms with Crippen molar-refractivity contribution >= 4 is 17.7 Å². The third-order valence-corrected chi connectivity index (χ3v) is 5.97. The van der Waals surface area contributed by atoms with Crippen molar-refractivity contribution in [3.8, 4) is 11.5 Å². The maximum atomic E-state index is 5.42. The number of likely N-dealkylation sites (N-methyl/N-ethyl adjacent to an activating group) is 1. The van der Waals surface area contributed by atoms with Gasteiger partial charge in [0.1, 0.15) is 0 Å². The van der Waals surface area contributed by atoms with Gasteiger partial charge in [-0.15, -0.1) is 0 Å². The van der Waals surface area contributed by atoms with Crippen molar-refractivity contribution in [2.75, 3.05) is 46.0 Å². The van der Waals surface area contributed by atoms with Crippen molar-refractivity contribution in [3.05, 3.63) is 23.8 Å². The van der Waals surface area contributed by atoms with Crippen molar-refractivity contribution in [1.82, 2.24) is 15.5 Å². The zero-order valence-electron chi connectivity index (χ0n) is 14.6. The molecule has 2 aliphatic heterocycles. The molecule has 0 radical (unpaired) electrons. The molecule has 2 aliphatic rings. The van der Waals surface area contributed by atoms with Gasteiger partial charge in [-0.1, -0.05) is 6.07 Å².